The fraction of sp³-hybridized carbons (Fsp3) is 0.120. The van der Waals surface area contributed by atoms with E-state index in [0.717, 1.165) is 5.56 Å². The lowest BCUT2D eigenvalue weighted by Gasteiger charge is -2.14. The molecule has 7 nitrogen and oxygen atoms in total. The molecule has 0 saturated carbocycles. The topological polar surface area (TPSA) is 78.5 Å². The van der Waals surface area contributed by atoms with Crippen molar-refractivity contribution >= 4 is 34.2 Å². The highest BCUT2D eigenvalue weighted by Crippen LogP contribution is 2.28. The van der Waals surface area contributed by atoms with E-state index in [1.165, 1.54) is 16.3 Å². The summed E-state index contributed by atoms with van der Waals surface area (Å²) in [7, 11) is 1.57. The van der Waals surface area contributed by atoms with Gasteiger partial charge in [0.15, 0.2) is 10.9 Å². The van der Waals surface area contributed by atoms with Crippen molar-refractivity contribution in [1.29, 1.82) is 0 Å². The summed E-state index contributed by atoms with van der Waals surface area (Å²) in [6.07, 6.45) is 0. The fourth-order valence-corrected chi connectivity index (χ4v) is 4.64. The van der Waals surface area contributed by atoms with Crippen LogP contribution in [0, 0.1) is 6.92 Å². The van der Waals surface area contributed by atoms with Gasteiger partial charge < -0.3 is 4.74 Å². The van der Waals surface area contributed by atoms with Crippen molar-refractivity contribution in [3.8, 4) is 11.4 Å². The third-order valence-electron chi connectivity index (χ3n) is 5.40. The summed E-state index contributed by atoms with van der Waals surface area (Å²) in [6, 6.07) is 22.1. The molecular formula is C25H20N4O3S. The molecule has 0 bridgehead atoms. The fourth-order valence-electron chi connectivity index (χ4n) is 3.80. The van der Waals surface area contributed by atoms with Crippen LogP contribution in [0.4, 0.5) is 0 Å². The average molecular weight is 457 g/mol. The molecule has 5 rings (SSSR count). The number of ketones is 1. The Morgan fingerprint density at radius 3 is 2.55 bits per heavy atom. The first-order chi connectivity index (χ1) is 16.1. The van der Waals surface area contributed by atoms with Gasteiger partial charge in [-0.2, -0.15) is 0 Å². The second-order valence-corrected chi connectivity index (χ2v) is 8.47. The van der Waals surface area contributed by atoms with Gasteiger partial charge in [-0.3, -0.25) is 14.0 Å². The van der Waals surface area contributed by atoms with Crippen molar-refractivity contribution < 1.29 is 9.53 Å². The van der Waals surface area contributed by atoms with Crippen LogP contribution in [-0.4, -0.2) is 37.8 Å². The van der Waals surface area contributed by atoms with Gasteiger partial charge in [0.1, 0.15) is 5.75 Å². The van der Waals surface area contributed by atoms with E-state index in [1.54, 1.807) is 25.3 Å². The highest BCUT2D eigenvalue weighted by molar-refractivity contribution is 7.99. The number of benzene rings is 3. The number of para-hydroxylation sites is 1. The van der Waals surface area contributed by atoms with Crippen molar-refractivity contribution in [2.45, 2.75) is 12.1 Å². The van der Waals surface area contributed by atoms with Crippen LogP contribution in [-0.2, 0) is 0 Å². The second-order valence-electron chi connectivity index (χ2n) is 7.53. The van der Waals surface area contributed by atoms with Gasteiger partial charge in [0.05, 0.1) is 29.5 Å². The van der Waals surface area contributed by atoms with Crippen molar-refractivity contribution in [2.24, 2.45) is 0 Å². The Balaban J connectivity index is 1.70. The molecule has 0 fully saturated rings. The van der Waals surface area contributed by atoms with Crippen LogP contribution in [0.1, 0.15) is 15.9 Å². The number of aromatic nitrogens is 4. The van der Waals surface area contributed by atoms with Crippen LogP contribution < -0.4 is 10.3 Å². The predicted octanol–water partition coefficient (Wildman–Crippen LogP) is 4.33. The molecule has 164 valence electrons. The SMILES string of the molecule is COc1ccc(C)cc1-n1c(=O)c2ccccc2n2c(SCC(=O)c3ccccc3)nnc12. The molecule has 0 atom stereocenters. The van der Waals surface area contributed by atoms with Gasteiger partial charge in [-0.25, -0.2) is 4.57 Å². The summed E-state index contributed by atoms with van der Waals surface area (Å²) < 4.78 is 8.88. The van der Waals surface area contributed by atoms with E-state index in [-0.39, 0.29) is 17.1 Å². The molecular weight excluding hydrogens is 436 g/mol. The van der Waals surface area contributed by atoms with E-state index < -0.39 is 0 Å². The number of ether oxygens (including phenoxy) is 1. The number of thioether (sulfide) groups is 1. The maximum Gasteiger partial charge on any atom is 0.267 e. The molecule has 8 heteroatoms. The first-order valence-corrected chi connectivity index (χ1v) is 11.3. The number of aryl methyl sites for hydroxylation is 1. The number of rotatable bonds is 6. The van der Waals surface area contributed by atoms with E-state index in [9.17, 15) is 9.59 Å². The van der Waals surface area contributed by atoms with E-state index in [4.69, 9.17) is 4.74 Å². The Morgan fingerprint density at radius 1 is 1.00 bits per heavy atom. The Morgan fingerprint density at radius 2 is 1.76 bits per heavy atom. The minimum atomic E-state index is -0.216. The lowest BCUT2D eigenvalue weighted by atomic mass is 10.2. The number of methoxy groups -OCH3 is 1. The third-order valence-corrected chi connectivity index (χ3v) is 6.33. The molecule has 0 amide bonds. The number of Topliss-reactive ketones (excluding diaryl/α,β-unsaturated/α-hetero) is 1. The lowest BCUT2D eigenvalue weighted by Crippen LogP contribution is -2.22. The molecule has 0 spiro atoms. The first-order valence-electron chi connectivity index (χ1n) is 10.3. The summed E-state index contributed by atoms with van der Waals surface area (Å²) in [5, 5.41) is 9.74. The third kappa shape index (κ3) is 3.68. The zero-order valence-corrected chi connectivity index (χ0v) is 18.9. The van der Waals surface area contributed by atoms with Gasteiger partial charge in [0.2, 0.25) is 5.78 Å². The van der Waals surface area contributed by atoms with Crippen LogP contribution in [0.3, 0.4) is 0 Å². The maximum absolute atomic E-state index is 13.5. The molecule has 3 aromatic carbocycles. The van der Waals surface area contributed by atoms with Gasteiger partial charge >= 0.3 is 0 Å². The van der Waals surface area contributed by atoms with Crippen molar-refractivity contribution in [3.63, 3.8) is 0 Å². The lowest BCUT2D eigenvalue weighted by molar-refractivity contribution is 0.102. The summed E-state index contributed by atoms with van der Waals surface area (Å²) >= 11 is 1.29. The van der Waals surface area contributed by atoms with Gasteiger partial charge in [-0.1, -0.05) is 60.3 Å². The Labute approximate surface area is 193 Å². The normalized spacial score (nSPS) is 11.2. The molecule has 0 radical (unpaired) electrons. The highest BCUT2D eigenvalue weighted by Gasteiger charge is 2.20. The van der Waals surface area contributed by atoms with Crippen molar-refractivity contribution in [1.82, 2.24) is 19.2 Å². The molecule has 33 heavy (non-hydrogen) atoms. The predicted molar refractivity (Wildman–Crippen MR) is 129 cm³/mol. The molecule has 0 saturated heterocycles. The number of hydrogen-bond acceptors (Lipinski definition) is 6. The monoisotopic (exact) mass is 456 g/mol. The molecule has 0 unspecified atom stereocenters. The smallest absolute Gasteiger partial charge is 0.267 e. The summed E-state index contributed by atoms with van der Waals surface area (Å²) in [5.41, 5.74) is 2.67. The van der Waals surface area contributed by atoms with E-state index in [0.29, 0.717) is 38.8 Å². The van der Waals surface area contributed by atoms with Gasteiger partial charge in [-0.05, 0) is 36.8 Å². The Bertz CT molecular complexity index is 1560. The molecule has 0 N–H and O–H groups in total. The summed E-state index contributed by atoms with van der Waals surface area (Å²) in [4.78, 5) is 26.2. The number of nitrogens with zero attached hydrogens (tertiary/aromatic N) is 4. The number of fused-ring (bicyclic) bond motifs is 3. The van der Waals surface area contributed by atoms with Crippen molar-refractivity contribution in [2.75, 3.05) is 12.9 Å². The summed E-state index contributed by atoms with van der Waals surface area (Å²) in [6.45, 7) is 1.95. The van der Waals surface area contributed by atoms with Crippen LogP contribution in [0.15, 0.2) is 82.7 Å². The van der Waals surface area contributed by atoms with E-state index >= 15 is 0 Å². The van der Waals surface area contributed by atoms with Crippen LogP contribution in [0.2, 0.25) is 0 Å². The number of hydrogen-bond donors (Lipinski definition) is 0. The minimum Gasteiger partial charge on any atom is -0.495 e. The molecule has 2 aromatic heterocycles. The maximum atomic E-state index is 13.5. The molecule has 2 heterocycles. The molecule has 0 aliphatic rings. The molecule has 5 aromatic rings. The van der Waals surface area contributed by atoms with E-state index in [2.05, 4.69) is 10.2 Å². The first kappa shape index (κ1) is 21.0. The van der Waals surface area contributed by atoms with Crippen LogP contribution in [0.25, 0.3) is 22.4 Å². The quantitative estimate of drug-likeness (QED) is 0.280. The van der Waals surface area contributed by atoms with Crippen LogP contribution >= 0.6 is 11.8 Å². The number of carbonyl (C=O) groups is 1. The zero-order valence-electron chi connectivity index (χ0n) is 18.1. The molecule has 0 aliphatic heterocycles. The van der Waals surface area contributed by atoms with Gasteiger partial charge in [0.25, 0.3) is 5.56 Å². The van der Waals surface area contributed by atoms with Gasteiger partial charge in [-0.15, -0.1) is 10.2 Å². The standard InChI is InChI=1S/C25H20N4O3S/c1-16-12-13-22(32-2)20(14-16)28-23(31)18-10-6-7-11-19(18)29-24(28)26-27-25(29)33-15-21(30)17-8-4-3-5-9-17/h3-14H,15H2,1-2H3. The minimum absolute atomic E-state index is 0.00432. The summed E-state index contributed by atoms with van der Waals surface area (Å²) in [5.74, 6) is 1.11. The van der Waals surface area contributed by atoms with Crippen molar-refractivity contribution in [3.05, 3.63) is 94.3 Å². The number of carbonyl (C=O) groups excluding carboxylic acids is 1. The zero-order chi connectivity index (χ0) is 22.9. The van der Waals surface area contributed by atoms with Gasteiger partial charge in [0, 0.05) is 5.56 Å². The Hall–Kier alpha value is -3.91. The largest absolute Gasteiger partial charge is 0.495 e. The molecule has 0 aliphatic carbocycles. The van der Waals surface area contributed by atoms with E-state index in [1.807, 2.05) is 65.9 Å². The Kier molecular flexibility index (Phi) is 5.43. The average Bonchev–Trinajstić information content (AvgIpc) is 3.27. The highest BCUT2D eigenvalue weighted by atomic mass is 32.2. The second kappa shape index (κ2) is 8.55. The van der Waals surface area contributed by atoms with Crippen LogP contribution in [0.5, 0.6) is 5.75 Å².